The fourth-order valence-electron chi connectivity index (χ4n) is 3.95. The number of fused-ring (bicyclic) bond motifs is 4. The van der Waals surface area contributed by atoms with E-state index in [4.69, 9.17) is 9.47 Å². The van der Waals surface area contributed by atoms with Crippen LogP contribution >= 0.6 is 0 Å². The highest BCUT2D eigenvalue weighted by Gasteiger charge is 2.32. The molecule has 4 bridgehead atoms. The first-order valence-corrected chi connectivity index (χ1v) is 12.8. The second-order valence-corrected chi connectivity index (χ2v) is 9.89. The molecule has 3 N–H and O–H groups in total. The van der Waals surface area contributed by atoms with Crippen LogP contribution in [0.2, 0.25) is 0 Å². The summed E-state index contributed by atoms with van der Waals surface area (Å²) in [5, 5.41) is 23.9. The van der Waals surface area contributed by atoms with Gasteiger partial charge in [0.1, 0.15) is 17.4 Å². The Bertz CT molecular complexity index is 1130. The van der Waals surface area contributed by atoms with E-state index in [1.54, 1.807) is 41.6 Å². The van der Waals surface area contributed by atoms with E-state index in [-0.39, 0.29) is 19.0 Å². The Morgan fingerprint density at radius 1 is 1.26 bits per heavy atom. The van der Waals surface area contributed by atoms with Gasteiger partial charge < -0.3 is 30.1 Å². The van der Waals surface area contributed by atoms with Crippen LogP contribution in [-0.4, -0.2) is 93.8 Å². The van der Waals surface area contributed by atoms with Crippen LogP contribution in [0.3, 0.4) is 0 Å². The Morgan fingerprint density at radius 3 is 2.74 bits per heavy atom. The molecule has 2 atom stereocenters. The first kappa shape index (κ1) is 29.1. The molecule has 1 aromatic heterocycles. The molecule has 12 heteroatoms. The SMILES string of the molecule is COC(C)(C)C(=O)N1CCNC(=O)[C@H]([C@@H](C)O)NC(=O)c2ccc(C)c(c2)OCCCn2cc(nn2)CC1. The Hall–Kier alpha value is -3.51. The van der Waals surface area contributed by atoms with Crippen LogP contribution in [0.1, 0.15) is 48.8 Å². The molecule has 208 valence electrons. The normalized spacial score (nSPS) is 19.1. The third kappa shape index (κ3) is 7.51. The molecule has 1 aliphatic heterocycles. The number of aliphatic hydroxyl groups is 1. The van der Waals surface area contributed by atoms with E-state index in [0.29, 0.717) is 43.9 Å². The monoisotopic (exact) mass is 530 g/mol. The fourth-order valence-corrected chi connectivity index (χ4v) is 3.95. The number of aryl methyl sites for hydroxylation is 2. The summed E-state index contributed by atoms with van der Waals surface area (Å²) in [5.41, 5.74) is 0.848. The van der Waals surface area contributed by atoms with E-state index < -0.39 is 29.6 Å². The third-order valence-corrected chi connectivity index (χ3v) is 6.51. The number of hydrogen-bond donors (Lipinski definition) is 3. The van der Waals surface area contributed by atoms with E-state index in [1.165, 1.54) is 14.0 Å². The van der Waals surface area contributed by atoms with Gasteiger partial charge in [0.05, 0.1) is 18.4 Å². The van der Waals surface area contributed by atoms with E-state index >= 15 is 0 Å². The molecule has 38 heavy (non-hydrogen) atoms. The number of ether oxygens (including phenoxy) is 2. The van der Waals surface area contributed by atoms with Gasteiger partial charge in [-0.25, -0.2) is 0 Å². The van der Waals surface area contributed by atoms with Crippen LogP contribution in [-0.2, 0) is 27.3 Å². The highest BCUT2D eigenvalue weighted by atomic mass is 16.5. The topological polar surface area (TPSA) is 148 Å². The van der Waals surface area contributed by atoms with Crippen LogP contribution in [0.25, 0.3) is 0 Å². The molecule has 0 saturated carbocycles. The number of nitrogens with one attached hydrogen (secondary N) is 2. The number of carbonyl (C=O) groups is 3. The maximum Gasteiger partial charge on any atom is 0.254 e. The van der Waals surface area contributed by atoms with Gasteiger partial charge in [-0.05, 0) is 45.4 Å². The molecule has 0 fully saturated rings. The average molecular weight is 531 g/mol. The summed E-state index contributed by atoms with van der Waals surface area (Å²) in [6.45, 7) is 8.31. The lowest BCUT2D eigenvalue weighted by Gasteiger charge is -2.31. The minimum Gasteiger partial charge on any atom is -0.493 e. The quantitative estimate of drug-likeness (QED) is 0.519. The molecule has 1 aliphatic rings. The first-order chi connectivity index (χ1) is 18.0. The Labute approximate surface area is 222 Å². The van der Waals surface area contributed by atoms with Crippen LogP contribution in [0.5, 0.6) is 5.75 Å². The van der Waals surface area contributed by atoms with Gasteiger partial charge in [-0.15, -0.1) is 5.10 Å². The fraction of sp³-hybridized carbons (Fsp3) is 0.577. The first-order valence-electron chi connectivity index (χ1n) is 12.8. The predicted molar refractivity (Wildman–Crippen MR) is 139 cm³/mol. The minimum atomic E-state index is -1.19. The number of hydrogen-bond acceptors (Lipinski definition) is 8. The van der Waals surface area contributed by atoms with Crippen molar-refractivity contribution in [3.05, 3.63) is 41.2 Å². The number of aliphatic hydroxyl groups excluding tert-OH is 1. The Balaban J connectivity index is 1.84. The lowest BCUT2D eigenvalue weighted by molar-refractivity contribution is -0.151. The van der Waals surface area contributed by atoms with Crippen LogP contribution < -0.4 is 15.4 Å². The smallest absolute Gasteiger partial charge is 0.254 e. The summed E-state index contributed by atoms with van der Waals surface area (Å²) < 4.78 is 13.0. The molecule has 0 saturated heterocycles. The molecule has 2 aromatic rings. The van der Waals surface area contributed by atoms with Crippen LogP contribution in [0, 0.1) is 6.92 Å². The van der Waals surface area contributed by atoms with Gasteiger partial charge in [-0.2, -0.15) is 0 Å². The lowest BCUT2D eigenvalue weighted by atomic mass is 10.1. The molecule has 0 spiro atoms. The summed E-state index contributed by atoms with van der Waals surface area (Å²) in [6.07, 6.45) is 1.82. The molecule has 3 amide bonds. The molecular formula is C26H38N6O6. The van der Waals surface area contributed by atoms with E-state index in [9.17, 15) is 19.5 Å². The van der Waals surface area contributed by atoms with E-state index in [1.807, 2.05) is 13.1 Å². The molecule has 12 nitrogen and oxygen atoms in total. The number of methoxy groups -OCH3 is 1. The maximum absolute atomic E-state index is 13.1. The van der Waals surface area contributed by atoms with Crippen molar-refractivity contribution in [2.24, 2.45) is 0 Å². The number of nitrogens with zero attached hydrogens (tertiary/aromatic N) is 4. The van der Waals surface area contributed by atoms with Crippen molar-refractivity contribution in [1.82, 2.24) is 30.5 Å². The maximum atomic E-state index is 13.1. The summed E-state index contributed by atoms with van der Waals surface area (Å²) in [7, 11) is 1.47. The summed E-state index contributed by atoms with van der Waals surface area (Å²) >= 11 is 0. The van der Waals surface area contributed by atoms with Crippen molar-refractivity contribution in [2.45, 2.75) is 64.8 Å². The number of amides is 3. The van der Waals surface area contributed by atoms with Crippen molar-refractivity contribution in [3.8, 4) is 5.75 Å². The highest BCUT2D eigenvalue weighted by molar-refractivity contribution is 5.98. The zero-order valence-corrected chi connectivity index (χ0v) is 22.7. The van der Waals surface area contributed by atoms with E-state index in [2.05, 4.69) is 20.9 Å². The summed E-state index contributed by atoms with van der Waals surface area (Å²) in [4.78, 5) is 40.6. The second kappa shape index (κ2) is 12.8. The van der Waals surface area contributed by atoms with Gasteiger partial charge >= 0.3 is 0 Å². The van der Waals surface area contributed by atoms with Crippen molar-refractivity contribution in [1.29, 1.82) is 0 Å². The zero-order valence-electron chi connectivity index (χ0n) is 22.7. The van der Waals surface area contributed by atoms with Crippen molar-refractivity contribution in [2.75, 3.05) is 33.4 Å². The molecule has 2 heterocycles. The van der Waals surface area contributed by atoms with Gasteiger partial charge in [-0.1, -0.05) is 11.3 Å². The Morgan fingerprint density at radius 2 is 2.03 bits per heavy atom. The number of aromatic nitrogens is 3. The van der Waals surface area contributed by atoms with Gasteiger partial charge in [0.15, 0.2) is 0 Å². The molecular weight excluding hydrogens is 492 g/mol. The number of benzene rings is 1. The zero-order chi connectivity index (χ0) is 27.9. The molecule has 0 unspecified atom stereocenters. The largest absolute Gasteiger partial charge is 0.493 e. The van der Waals surface area contributed by atoms with Gasteiger partial charge in [-0.3, -0.25) is 19.1 Å². The summed E-state index contributed by atoms with van der Waals surface area (Å²) in [6, 6.07) is 3.84. The van der Waals surface area contributed by atoms with Crippen molar-refractivity contribution < 1.29 is 29.0 Å². The molecule has 0 radical (unpaired) electrons. The Kier molecular flexibility index (Phi) is 9.81. The van der Waals surface area contributed by atoms with Gasteiger partial charge in [0.25, 0.3) is 11.8 Å². The van der Waals surface area contributed by atoms with Crippen LogP contribution in [0.15, 0.2) is 24.4 Å². The van der Waals surface area contributed by atoms with Crippen molar-refractivity contribution in [3.63, 3.8) is 0 Å². The average Bonchev–Trinajstić information content (AvgIpc) is 3.34. The highest BCUT2D eigenvalue weighted by Crippen LogP contribution is 2.20. The van der Waals surface area contributed by atoms with Crippen LogP contribution in [0.4, 0.5) is 0 Å². The number of rotatable bonds is 3. The molecule has 3 rings (SSSR count). The molecule has 0 aliphatic carbocycles. The standard InChI is InChI=1S/C26H38N6O6/c1-17-7-8-19-15-21(17)38-14-6-11-32-16-20(29-30-32)9-12-31(25(36)26(3,4)37-5)13-10-27-24(35)22(18(2)33)28-23(19)34/h7-8,15-16,18,22,33H,6,9-14H2,1-5H3,(H,27,35)(H,28,34)/t18-,22+/m1/s1. The van der Waals surface area contributed by atoms with E-state index in [0.717, 1.165) is 11.3 Å². The summed E-state index contributed by atoms with van der Waals surface area (Å²) in [5.74, 6) is -0.753. The second-order valence-electron chi connectivity index (χ2n) is 9.89. The minimum absolute atomic E-state index is 0.110. The van der Waals surface area contributed by atoms with Gasteiger partial charge in [0, 0.05) is 57.9 Å². The van der Waals surface area contributed by atoms with Gasteiger partial charge in [0.2, 0.25) is 5.91 Å². The predicted octanol–water partition coefficient (Wildman–Crippen LogP) is 0.461. The van der Waals surface area contributed by atoms with Crippen molar-refractivity contribution >= 4 is 17.7 Å². The lowest BCUT2D eigenvalue weighted by Crippen LogP contribution is -2.54. The number of carbonyl (C=O) groups excluding carboxylic acids is 3. The third-order valence-electron chi connectivity index (χ3n) is 6.51. The molecule has 1 aromatic carbocycles.